The topological polar surface area (TPSA) is 59.6 Å². The SMILES string of the molecule is COc1ccc(OC)c(C(C)NCCNC(=O)C2CC2)c1. The molecule has 1 aromatic carbocycles. The van der Waals surface area contributed by atoms with E-state index in [1.54, 1.807) is 14.2 Å². The minimum Gasteiger partial charge on any atom is -0.497 e. The number of carbonyl (C=O) groups excluding carboxylic acids is 1. The Morgan fingerprint density at radius 1 is 1.29 bits per heavy atom. The molecule has 1 unspecified atom stereocenters. The smallest absolute Gasteiger partial charge is 0.223 e. The van der Waals surface area contributed by atoms with Gasteiger partial charge in [-0.3, -0.25) is 4.79 Å². The first-order chi connectivity index (χ1) is 10.2. The number of methoxy groups -OCH3 is 2. The predicted molar refractivity (Wildman–Crippen MR) is 81.7 cm³/mol. The van der Waals surface area contributed by atoms with E-state index in [1.807, 2.05) is 18.2 Å². The molecule has 0 bridgehead atoms. The fraction of sp³-hybridized carbons (Fsp3) is 0.562. The molecule has 1 aliphatic carbocycles. The first-order valence-electron chi connectivity index (χ1n) is 7.38. The maximum absolute atomic E-state index is 11.5. The van der Waals surface area contributed by atoms with E-state index in [1.165, 1.54) is 0 Å². The molecule has 0 saturated heterocycles. The van der Waals surface area contributed by atoms with Gasteiger partial charge in [0.1, 0.15) is 11.5 Å². The van der Waals surface area contributed by atoms with Crippen LogP contribution >= 0.6 is 0 Å². The van der Waals surface area contributed by atoms with Crippen LogP contribution in [0.3, 0.4) is 0 Å². The predicted octanol–water partition coefficient (Wildman–Crippen LogP) is 1.88. The molecule has 5 nitrogen and oxygen atoms in total. The van der Waals surface area contributed by atoms with Gasteiger partial charge in [-0.2, -0.15) is 0 Å². The zero-order valence-corrected chi connectivity index (χ0v) is 12.9. The third kappa shape index (κ3) is 4.36. The zero-order valence-electron chi connectivity index (χ0n) is 12.9. The molecule has 21 heavy (non-hydrogen) atoms. The van der Waals surface area contributed by atoms with E-state index >= 15 is 0 Å². The van der Waals surface area contributed by atoms with Crippen LogP contribution in [0.1, 0.15) is 31.4 Å². The van der Waals surface area contributed by atoms with Crippen LogP contribution in [0.2, 0.25) is 0 Å². The lowest BCUT2D eigenvalue weighted by molar-refractivity contribution is -0.122. The van der Waals surface area contributed by atoms with Crippen molar-refractivity contribution in [2.75, 3.05) is 27.3 Å². The van der Waals surface area contributed by atoms with Gasteiger partial charge in [0.25, 0.3) is 0 Å². The summed E-state index contributed by atoms with van der Waals surface area (Å²) in [7, 11) is 3.31. The monoisotopic (exact) mass is 292 g/mol. The molecule has 116 valence electrons. The molecular weight excluding hydrogens is 268 g/mol. The van der Waals surface area contributed by atoms with Crippen LogP contribution in [0, 0.1) is 5.92 Å². The van der Waals surface area contributed by atoms with Crippen molar-refractivity contribution in [1.82, 2.24) is 10.6 Å². The van der Waals surface area contributed by atoms with Gasteiger partial charge in [0.2, 0.25) is 5.91 Å². The van der Waals surface area contributed by atoms with Gasteiger partial charge >= 0.3 is 0 Å². The maximum Gasteiger partial charge on any atom is 0.223 e. The number of nitrogens with one attached hydrogen (secondary N) is 2. The van der Waals surface area contributed by atoms with Crippen molar-refractivity contribution >= 4 is 5.91 Å². The Bertz CT molecular complexity index is 486. The van der Waals surface area contributed by atoms with Crippen molar-refractivity contribution in [3.63, 3.8) is 0 Å². The number of amides is 1. The summed E-state index contributed by atoms with van der Waals surface area (Å²) < 4.78 is 10.6. The first kappa shape index (κ1) is 15.6. The van der Waals surface area contributed by atoms with Gasteiger partial charge < -0.3 is 20.1 Å². The summed E-state index contributed by atoms with van der Waals surface area (Å²) in [5.74, 6) is 2.09. The fourth-order valence-electron chi connectivity index (χ4n) is 2.25. The molecule has 2 N–H and O–H groups in total. The molecule has 0 radical (unpaired) electrons. The third-order valence-electron chi connectivity index (χ3n) is 3.73. The second kappa shape index (κ2) is 7.31. The standard InChI is InChI=1S/C16H24N2O3/c1-11(17-8-9-18-16(19)12-4-5-12)14-10-13(20-2)6-7-15(14)21-3/h6-7,10-12,17H,4-5,8-9H2,1-3H3,(H,18,19). The zero-order chi connectivity index (χ0) is 15.2. The third-order valence-corrected chi connectivity index (χ3v) is 3.73. The van der Waals surface area contributed by atoms with E-state index in [-0.39, 0.29) is 17.9 Å². The highest BCUT2D eigenvalue weighted by Gasteiger charge is 2.29. The van der Waals surface area contributed by atoms with Crippen LogP contribution < -0.4 is 20.1 Å². The van der Waals surface area contributed by atoms with E-state index in [2.05, 4.69) is 17.6 Å². The molecule has 1 saturated carbocycles. The van der Waals surface area contributed by atoms with Crippen molar-refractivity contribution in [3.05, 3.63) is 23.8 Å². The van der Waals surface area contributed by atoms with Crippen molar-refractivity contribution < 1.29 is 14.3 Å². The van der Waals surface area contributed by atoms with Crippen molar-refractivity contribution in [2.45, 2.75) is 25.8 Å². The highest BCUT2D eigenvalue weighted by Crippen LogP contribution is 2.29. The molecule has 1 fully saturated rings. The minimum atomic E-state index is 0.118. The average molecular weight is 292 g/mol. The summed E-state index contributed by atoms with van der Waals surface area (Å²) in [4.78, 5) is 11.5. The molecule has 1 aromatic rings. The number of hydrogen-bond donors (Lipinski definition) is 2. The normalized spacial score (nSPS) is 15.4. The molecule has 2 rings (SSSR count). The average Bonchev–Trinajstić information content (AvgIpc) is 3.35. The van der Waals surface area contributed by atoms with Gasteiger partial charge in [0.05, 0.1) is 14.2 Å². The van der Waals surface area contributed by atoms with Crippen LogP contribution in [-0.2, 0) is 4.79 Å². The summed E-state index contributed by atoms with van der Waals surface area (Å²) in [5.41, 5.74) is 1.05. The number of hydrogen-bond acceptors (Lipinski definition) is 4. The van der Waals surface area contributed by atoms with E-state index in [4.69, 9.17) is 9.47 Å². The fourth-order valence-corrected chi connectivity index (χ4v) is 2.25. The van der Waals surface area contributed by atoms with Gasteiger partial charge in [-0.15, -0.1) is 0 Å². The lowest BCUT2D eigenvalue weighted by Gasteiger charge is -2.18. The molecular formula is C16H24N2O3. The van der Waals surface area contributed by atoms with Gasteiger partial charge in [-0.05, 0) is 38.0 Å². The second-order valence-electron chi connectivity index (χ2n) is 5.35. The summed E-state index contributed by atoms with van der Waals surface area (Å²) in [6, 6.07) is 5.87. The van der Waals surface area contributed by atoms with E-state index < -0.39 is 0 Å². The van der Waals surface area contributed by atoms with Gasteiger partial charge in [-0.1, -0.05) is 0 Å². The number of benzene rings is 1. The molecule has 0 heterocycles. The minimum absolute atomic E-state index is 0.118. The number of carbonyl (C=O) groups is 1. The molecule has 1 amide bonds. The number of rotatable bonds is 8. The van der Waals surface area contributed by atoms with Crippen LogP contribution in [0.5, 0.6) is 11.5 Å². The first-order valence-corrected chi connectivity index (χ1v) is 7.38. The largest absolute Gasteiger partial charge is 0.497 e. The van der Waals surface area contributed by atoms with E-state index in [9.17, 15) is 4.79 Å². The van der Waals surface area contributed by atoms with Gasteiger partial charge in [0, 0.05) is 30.6 Å². The lowest BCUT2D eigenvalue weighted by atomic mass is 10.1. The van der Waals surface area contributed by atoms with Crippen molar-refractivity contribution in [1.29, 1.82) is 0 Å². The summed E-state index contributed by atoms with van der Waals surface area (Å²) >= 11 is 0. The maximum atomic E-state index is 11.5. The van der Waals surface area contributed by atoms with Crippen LogP contribution in [0.4, 0.5) is 0 Å². The Balaban J connectivity index is 1.83. The van der Waals surface area contributed by atoms with Gasteiger partial charge in [-0.25, -0.2) is 0 Å². The summed E-state index contributed by atoms with van der Waals surface area (Å²) in [5, 5.41) is 6.33. The Kier molecular flexibility index (Phi) is 5.44. The Hall–Kier alpha value is -1.75. The van der Waals surface area contributed by atoms with E-state index in [0.29, 0.717) is 6.54 Å². The molecule has 0 spiro atoms. The molecule has 1 aliphatic rings. The summed E-state index contributed by atoms with van der Waals surface area (Å²) in [6.07, 6.45) is 2.08. The highest BCUT2D eigenvalue weighted by atomic mass is 16.5. The van der Waals surface area contributed by atoms with Gasteiger partial charge in [0.15, 0.2) is 0 Å². The number of ether oxygens (including phenoxy) is 2. The Morgan fingerprint density at radius 3 is 2.67 bits per heavy atom. The van der Waals surface area contributed by atoms with E-state index in [0.717, 1.165) is 36.4 Å². The Morgan fingerprint density at radius 2 is 2.05 bits per heavy atom. The Labute approximate surface area is 126 Å². The van der Waals surface area contributed by atoms with Crippen LogP contribution in [-0.4, -0.2) is 33.2 Å². The molecule has 1 atom stereocenters. The summed E-state index contributed by atoms with van der Waals surface area (Å²) in [6.45, 7) is 3.44. The molecule has 0 aliphatic heterocycles. The molecule has 0 aromatic heterocycles. The highest BCUT2D eigenvalue weighted by molar-refractivity contribution is 5.80. The van der Waals surface area contributed by atoms with Crippen molar-refractivity contribution in [3.8, 4) is 11.5 Å². The lowest BCUT2D eigenvalue weighted by Crippen LogP contribution is -2.33. The van der Waals surface area contributed by atoms with Crippen molar-refractivity contribution in [2.24, 2.45) is 5.92 Å². The quantitative estimate of drug-likeness (QED) is 0.718. The van der Waals surface area contributed by atoms with Crippen LogP contribution in [0.25, 0.3) is 0 Å². The molecule has 5 heteroatoms. The second-order valence-corrected chi connectivity index (χ2v) is 5.35. The van der Waals surface area contributed by atoms with Crippen LogP contribution in [0.15, 0.2) is 18.2 Å².